The molecule has 0 saturated heterocycles. The summed E-state index contributed by atoms with van der Waals surface area (Å²) in [5, 5.41) is 13.4. The second kappa shape index (κ2) is 4.77. The highest BCUT2D eigenvalue weighted by Crippen LogP contribution is 2.37. The van der Waals surface area contributed by atoms with Gasteiger partial charge < -0.3 is 10.4 Å². The van der Waals surface area contributed by atoms with E-state index in [1.165, 1.54) is 0 Å². The van der Waals surface area contributed by atoms with E-state index in [1.807, 2.05) is 18.2 Å². The fourth-order valence-corrected chi connectivity index (χ4v) is 2.85. The number of ketones is 1. The van der Waals surface area contributed by atoms with Gasteiger partial charge in [-0.15, -0.1) is 0 Å². The number of aliphatic hydroxyl groups excluding tert-OH is 1. The number of likely N-dealkylation sites (N-methyl/N-ethyl adjacent to an activating group) is 1. The van der Waals surface area contributed by atoms with Crippen molar-refractivity contribution in [2.24, 2.45) is 0 Å². The summed E-state index contributed by atoms with van der Waals surface area (Å²) in [7, 11) is 1.74. The van der Waals surface area contributed by atoms with Crippen molar-refractivity contribution in [2.75, 3.05) is 7.05 Å². The zero-order valence-electron chi connectivity index (χ0n) is 9.74. The molecule has 1 fully saturated rings. The third-order valence-electron chi connectivity index (χ3n) is 3.51. The number of carbonyl (C=O) groups is 1. The Balaban J connectivity index is 2.50. The van der Waals surface area contributed by atoms with Gasteiger partial charge in [0.15, 0.2) is 5.78 Å². The van der Waals surface area contributed by atoms with Gasteiger partial charge in [0.2, 0.25) is 0 Å². The highest BCUT2D eigenvalue weighted by Gasteiger charge is 2.45. The molecule has 3 nitrogen and oxygen atoms in total. The molecule has 2 atom stereocenters. The lowest BCUT2D eigenvalue weighted by atomic mass is 9.74. The van der Waals surface area contributed by atoms with Crippen LogP contribution in [0.3, 0.4) is 0 Å². The van der Waals surface area contributed by atoms with Crippen LogP contribution in [-0.2, 0) is 10.3 Å². The van der Waals surface area contributed by atoms with E-state index in [1.54, 1.807) is 13.1 Å². The van der Waals surface area contributed by atoms with Crippen LogP contribution < -0.4 is 5.32 Å². The van der Waals surface area contributed by atoms with E-state index in [0.717, 1.165) is 12.0 Å². The van der Waals surface area contributed by atoms with Crippen molar-refractivity contribution in [3.8, 4) is 0 Å². The van der Waals surface area contributed by atoms with Crippen LogP contribution >= 0.6 is 11.6 Å². The lowest BCUT2D eigenvalue weighted by Crippen LogP contribution is -2.54. The molecule has 0 heterocycles. The quantitative estimate of drug-likeness (QED) is 0.846. The molecular formula is C13H16ClNO2. The number of carbonyl (C=O) groups excluding carboxylic acids is 1. The number of benzene rings is 1. The molecule has 0 aromatic heterocycles. The van der Waals surface area contributed by atoms with Gasteiger partial charge in [0, 0.05) is 5.02 Å². The smallest absolute Gasteiger partial charge is 0.185 e. The molecule has 0 radical (unpaired) electrons. The summed E-state index contributed by atoms with van der Waals surface area (Å²) >= 11 is 6.17. The van der Waals surface area contributed by atoms with E-state index < -0.39 is 11.6 Å². The van der Waals surface area contributed by atoms with Gasteiger partial charge in [-0.05, 0) is 37.9 Å². The zero-order chi connectivity index (χ0) is 12.5. The molecule has 0 aliphatic heterocycles. The maximum Gasteiger partial charge on any atom is 0.185 e. The Morgan fingerprint density at radius 3 is 2.82 bits per heavy atom. The summed E-state index contributed by atoms with van der Waals surface area (Å²) in [6.45, 7) is 0. The van der Waals surface area contributed by atoms with Gasteiger partial charge >= 0.3 is 0 Å². The molecule has 92 valence electrons. The van der Waals surface area contributed by atoms with Crippen molar-refractivity contribution < 1.29 is 9.90 Å². The van der Waals surface area contributed by atoms with E-state index in [9.17, 15) is 9.90 Å². The second-order valence-corrected chi connectivity index (χ2v) is 4.81. The summed E-state index contributed by atoms with van der Waals surface area (Å²) in [6, 6.07) is 7.30. The summed E-state index contributed by atoms with van der Waals surface area (Å²) in [5.41, 5.74) is -0.0800. The Kier molecular flexibility index (Phi) is 3.52. The van der Waals surface area contributed by atoms with Crippen molar-refractivity contribution in [2.45, 2.75) is 30.9 Å². The fraction of sp³-hybridized carbons (Fsp3) is 0.462. The lowest BCUT2D eigenvalue weighted by molar-refractivity contribution is -0.137. The van der Waals surface area contributed by atoms with Crippen LogP contribution in [0, 0.1) is 0 Å². The third-order valence-corrected chi connectivity index (χ3v) is 3.84. The Hall–Kier alpha value is -0.900. The highest BCUT2D eigenvalue weighted by atomic mass is 35.5. The first kappa shape index (κ1) is 12.6. The van der Waals surface area contributed by atoms with Gasteiger partial charge in [-0.2, -0.15) is 0 Å². The average molecular weight is 254 g/mol. The minimum atomic E-state index is -0.896. The molecule has 1 aliphatic rings. The lowest BCUT2D eigenvalue weighted by Gasteiger charge is -2.38. The van der Waals surface area contributed by atoms with Gasteiger partial charge in [0.1, 0.15) is 11.6 Å². The second-order valence-electron chi connectivity index (χ2n) is 4.41. The van der Waals surface area contributed by atoms with Crippen molar-refractivity contribution >= 4 is 17.4 Å². The predicted molar refractivity (Wildman–Crippen MR) is 67.1 cm³/mol. The topological polar surface area (TPSA) is 49.3 Å². The number of halogens is 1. The number of hydrogen-bond donors (Lipinski definition) is 2. The zero-order valence-corrected chi connectivity index (χ0v) is 10.5. The number of aliphatic hydroxyl groups is 1. The molecule has 17 heavy (non-hydrogen) atoms. The first-order valence-electron chi connectivity index (χ1n) is 5.78. The molecule has 1 aromatic rings. The molecule has 0 bridgehead atoms. The van der Waals surface area contributed by atoms with Crippen LogP contribution in [0.4, 0.5) is 0 Å². The third kappa shape index (κ3) is 1.99. The number of Topliss-reactive ketones (excluding diaryl/α,β-unsaturated/α-hetero) is 1. The van der Waals surface area contributed by atoms with Crippen molar-refractivity contribution in [1.82, 2.24) is 5.32 Å². The van der Waals surface area contributed by atoms with E-state index >= 15 is 0 Å². The molecular weight excluding hydrogens is 238 g/mol. The van der Waals surface area contributed by atoms with Crippen LogP contribution in [-0.4, -0.2) is 24.0 Å². The van der Waals surface area contributed by atoms with E-state index in [0.29, 0.717) is 17.9 Å². The van der Waals surface area contributed by atoms with Gasteiger partial charge in [-0.25, -0.2) is 0 Å². The van der Waals surface area contributed by atoms with Crippen LogP contribution in [0.15, 0.2) is 24.3 Å². The minimum absolute atomic E-state index is 0.181. The molecule has 1 aromatic carbocycles. The Bertz CT molecular complexity index is 435. The van der Waals surface area contributed by atoms with Gasteiger partial charge in [-0.3, -0.25) is 4.79 Å². The van der Waals surface area contributed by atoms with Crippen LogP contribution in [0.2, 0.25) is 5.02 Å². The molecule has 1 saturated carbocycles. The summed E-state index contributed by atoms with van der Waals surface area (Å²) in [5.74, 6) is -0.181. The summed E-state index contributed by atoms with van der Waals surface area (Å²) in [6.07, 6.45) is 1.11. The maximum atomic E-state index is 12.3. The standard InChI is InChI=1S/C13H16ClNO2/c1-15-13(8-4-7-11(16)12(13)17)9-5-2-3-6-10(9)14/h2-3,5-6,11,15-16H,4,7-8H2,1H3/t11-,13+/m0/s1. The summed E-state index contributed by atoms with van der Waals surface area (Å²) in [4.78, 5) is 12.3. The van der Waals surface area contributed by atoms with Gasteiger partial charge in [-0.1, -0.05) is 29.8 Å². The Morgan fingerprint density at radius 2 is 2.18 bits per heavy atom. The van der Waals surface area contributed by atoms with Crippen molar-refractivity contribution in [3.05, 3.63) is 34.9 Å². The van der Waals surface area contributed by atoms with Gasteiger partial charge in [0.25, 0.3) is 0 Å². The monoisotopic (exact) mass is 253 g/mol. The fourth-order valence-electron chi connectivity index (χ4n) is 2.56. The molecule has 0 spiro atoms. The van der Waals surface area contributed by atoms with Crippen LogP contribution in [0.5, 0.6) is 0 Å². The average Bonchev–Trinajstić information content (AvgIpc) is 2.34. The minimum Gasteiger partial charge on any atom is -0.385 e. The maximum absolute atomic E-state index is 12.3. The van der Waals surface area contributed by atoms with Crippen molar-refractivity contribution in [3.63, 3.8) is 0 Å². The number of rotatable bonds is 2. The largest absolute Gasteiger partial charge is 0.385 e. The first-order valence-corrected chi connectivity index (χ1v) is 6.16. The van der Waals surface area contributed by atoms with Crippen molar-refractivity contribution in [1.29, 1.82) is 0 Å². The molecule has 0 unspecified atom stereocenters. The predicted octanol–water partition coefficient (Wildman–Crippen LogP) is 1.87. The highest BCUT2D eigenvalue weighted by molar-refractivity contribution is 6.31. The molecule has 0 amide bonds. The summed E-state index contributed by atoms with van der Waals surface area (Å²) < 4.78 is 0. The van der Waals surface area contributed by atoms with Crippen LogP contribution in [0.25, 0.3) is 0 Å². The molecule has 1 aliphatic carbocycles. The van der Waals surface area contributed by atoms with E-state index in [4.69, 9.17) is 11.6 Å². The molecule has 2 N–H and O–H groups in total. The molecule has 4 heteroatoms. The normalized spacial score (nSPS) is 29.4. The van der Waals surface area contributed by atoms with Crippen LogP contribution in [0.1, 0.15) is 24.8 Å². The SMILES string of the molecule is CN[C@@]1(c2ccccc2Cl)CCC[C@H](O)C1=O. The van der Waals surface area contributed by atoms with E-state index in [-0.39, 0.29) is 5.78 Å². The van der Waals surface area contributed by atoms with E-state index in [2.05, 4.69) is 5.32 Å². The molecule has 2 rings (SSSR count). The number of hydrogen-bond acceptors (Lipinski definition) is 3. The van der Waals surface area contributed by atoms with Gasteiger partial charge in [0.05, 0.1) is 0 Å². The number of nitrogens with one attached hydrogen (secondary N) is 1. The Morgan fingerprint density at radius 1 is 1.47 bits per heavy atom. The Labute approximate surface area is 106 Å². The first-order chi connectivity index (χ1) is 8.12.